The summed E-state index contributed by atoms with van der Waals surface area (Å²) >= 11 is 1.04. The van der Waals surface area contributed by atoms with Crippen molar-refractivity contribution >= 4 is 59.6 Å². The van der Waals surface area contributed by atoms with E-state index in [2.05, 4.69) is 15.8 Å². The SMILES string of the molecule is CCOC(=O)/C(CSCC(NC(=O)CCC(N)C(=O)O)C(=O)NCC(=O)O)=N\Oc1ccccc1.Cl. The first-order chi connectivity index (χ1) is 16.6. The Labute approximate surface area is 217 Å². The van der Waals surface area contributed by atoms with Crippen LogP contribution in [0.4, 0.5) is 0 Å². The van der Waals surface area contributed by atoms with Gasteiger partial charge in [-0.15, -0.1) is 12.4 Å². The van der Waals surface area contributed by atoms with Crippen molar-refractivity contribution < 1.29 is 43.8 Å². The van der Waals surface area contributed by atoms with E-state index < -0.39 is 48.4 Å². The number of benzene rings is 1. The number of nitrogens with one attached hydrogen (secondary N) is 2. The summed E-state index contributed by atoms with van der Waals surface area (Å²) in [5.74, 6) is -4.42. The van der Waals surface area contributed by atoms with Crippen LogP contribution in [0, 0.1) is 0 Å². The van der Waals surface area contributed by atoms with Gasteiger partial charge in [-0.3, -0.25) is 19.2 Å². The number of halogens is 1. The maximum absolute atomic E-state index is 12.4. The van der Waals surface area contributed by atoms with Crippen molar-refractivity contribution in [2.75, 3.05) is 24.7 Å². The zero-order valence-electron chi connectivity index (χ0n) is 19.4. The van der Waals surface area contributed by atoms with Crippen LogP contribution in [-0.2, 0) is 28.7 Å². The molecular formula is C21H29ClN4O9S. The number of oxime groups is 1. The third-order valence-corrected chi connectivity index (χ3v) is 5.15. The zero-order chi connectivity index (χ0) is 26.2. The Hall–Kier alpha value is -3.36. The van der Waals surface area contributed by atoms with Crippen LogP contribution in [0.1, 0.15) is 19.8 Å². The van der Waals surface area contributed by atoms with E-state index in [0.717, 1.165) is 11.8 Å². The third kappa shape index (κ3) is 13.5. The number of carboxylic acids is 2. The maximum atomic E-state index is 12.4. The molecule has 0 heterocycles. The summed E-state index contributed by atoms with van der Waals surface area (Å²) in [6.07, 6.45) is -0.421. The first-order valence-corrected chi connectivity index (χ1v) is 11.6. The van der Waals surface area contributed by atoms with Gasteiger partial charge in [0.15, 0.2) is 11.5 Å². The second kappa shape index (κ2) is 18.0. The average Bonchev–Trinajstić information content (AvgIpc) is 2.82. The number of amides is 2. The average molecular weight is 549 g/mol. The lowest BCUT2D eigenvalue weighted by molar-refractivity contribution is -0.139. The summed E-state index contributed by atoms with van der Waals surface area (Å²) in [7, 11) is 0. The number of hydrogen-bond donors (Lipinski definition) is 5. The molecule has 200 valence electrons. The zero-order valence-corrected chi connectivity index (χ0v) is 21.0. The first kappa shape index (κ1) is 32.6. The van der Waals surface area contributed by atoms with Crippen LogP contribution in [0.5, 0.6) is 5.75 Å². The summed E-state index contributed by atoms with van der Waals surface area (Å²) < 4.78 is 4.96. The van der Waals surface area contributed by atoms with E-state index in [0.29, 0.717) is 5.75 Å². The van der Waals surface area contributed by atoms with Crippen molar-refractivity contribution in [3.63, 3.8) is 0 Å². The Morgan fingerprint density at radius 1 is 1.14 bits per heavy atom. The second-order valence-electron chi connectivity index (χ2n) is 6.89. The topological polar surface area (TPSA) is 207 Å². The van der Waals surface area contributed by atoms with Crippen LogP contribution in [-0.4, -0.2) is 82.4 Å². The van der Waals surface area contributed by atoms with E-state index in [4.69, 9.17) is 25.5 Å². The van der Waals surface area contributed by atoms with Crippen LogP contribution in [0.25, 0.3) is 0 Å². The molecule has 1 aromatic rings. The lowest BCUT2D eigenvalue weighted by atomic mass is 10.1. The monoisotopic (exact) mass is 548 g/mol. The van der Waals surface area contributed by atoms with Crippen LogP contribution < -0.4 is 21.2 Å². The molecule has 0 aliphatic rings. The Bertz CT molecular complexity index is 918. The highest BCUT2D eigenvalue weighted by atomic mass is 35.5. The van der Waals surface area contributed by atoms with Crippen LogP contribution in [0.2, 0.25) is 0 Å². The van der Waals surface area contributed by atoms with Gasteiger partial charge in [-0.2, -0.15) is 11.8 Å². The molecule has 0 fully saturated rings. The molecule has 0 saturated heterocycles. The second-order valence-corrected chi connectivity index (χ2v) is 7.92. The van der Waals surface area contributed by atoms with Gasteiger partial charge < -0.3 is 36.2 Å². The fraction of sp³-hybridized carbons (Fsp3) is 0.429. The predicted octanol–water partition coefficient (Wildman–Crippen LogP) is 0.0172. The van der Waals surface area contributed by atoms with Crippen LogP contribution in [0.3, 0.4) is 0 Å². The number of carbonyl (C=O) groups excluding carboxylic acids is 3. The molecule has 0 spiro atoms. The van der Waals surface area contributed by atoms with Gasteiger partial charge in [-0.1, -0.05) is 23.4 Å². The summed E-state index contributed by atoms with van der Waals surface area (Å²) in [5, 5.41) is 26.0. The van der Waals surface area contributed by atoms with E-state index >= 15 is 0 Å². The number of carboxylic acid groups (broad SMARTS) is 2. The van der Waals surface area contributed by atoms with Gasteiger partial charge >= 0.3 is 17.9 Å². The fourth-order valence-corrected chi connectivity index (χ4v) is 3.30. The first-order valence-electron chi connectivity index (χ1n) is 10.4. The number of ether oxygens (including phenoxy) is 1. The number of aliphatic carboxylic acids is 2. The molecule has 0 bridgehead atoms. The molecule has 1 aromatic carbocycles. The van der Waals surface area contributed by atoms with E-state index in [1.807, 2.05) is 0 Å². The number of thioether (sulfide) groups is 1. The Morgan fingerprint density at radius 2 is 1.81 bits per heavy atom. The molecule has 13 nitrogen and oxygen atoms in total. The maximum Gasteiger partial charge on any atom is 0.356 e. The number of nitrogens with zero attached hydrogens (tertiary/aromatic N) is 1. The minimum absolute atomic E-state index is 0. The van der Waals surface area contributed by atoms with Gasteiger partial charge in [0.25, 0.3) is 0 Å². The van der Waals surface area contributed by atoms with E-state index in [1.54, 1.807) is 37.3 Å². The van der Waals surface area contributed by atoms with Crippen molar-refractivity contribution in [3.8, 4) is 5.75 Å². The molecule has 0 aliphatic carbocycles. The Balaban J connectivity index is 0.0000122. The van der Waals surface area contributed by atoms with Crippen molar-refractivity contribution in [2.45, 2.75) is 31.8 Å². The third-order valence-electron chi connectivity index (χ3n) is 4.10. The minimum atomic E-state index is -1.28. The number of esters is 1. The molecule has 2 amide bonds. The number of rotatable bonds is 16. The van der Waals surface area contributed by atoms with Crippen molar-refractivity contribution in [1.29, 1.82) is 0 Å². The summed E-state index contributed by atoms with van der Waals surface area (Å²) in [4.78, 5) is 63.6. The van der Waals surface area contributed by atoms with Gasteiger partial charge in [0.2, 0.25) is 11.8 Å². The lowest BCUT2D eigenvalue weighted by Gasteiger charge is -2.18. The Morgan fingerprint density at radius 3 is 2.39 bits per heavy atom. The van der Waals surface area contributed by atoms with E-state index in [9.17, 15) is 24.0 Å². The van der Waals surface area contributed by atoms with Crippen molar-refractivity contribution in [2.24, 2.45) is 10.9 Å². The van der Waals surface area contributed by atoms with Gasteiger partial charge in [0, 0.05) is 17.9 Å². The van der Waals surface area contributed by atoms with Gasteiger partial charge in [-0.05, 0) is 25.5 Å². The summed E-state index contributed by atoms with van der Waals surface area (Å²) in [6, 6.07) is 6.06. The van der Waals surface area contributed by atoms with Gasteiger partial charge in [0.05, 0.1) is 6.61 Å². The highest BCUT2D eigenvalue weighted by molar-refractivity contribution is 8.00. The Kier molecular flexibility index (Phi) is 16.3. The highest BCUT2D eigenvalue weighted by Gasteiger charge is 2.24. The van der Waals surface area contributed by atoms with E-state index in [-0.39, 0.29) is 49.1 Å². The smallest absolute Gasteiger partial charge is 0.356 e. The molecule has 2 unspecified atom stereocenters. The summed E-state index contributed by atoms with van der Waals surface area (Å²) in [6.45, 7) is 1.05. The van der Waals surface area contributed by atoms with Crippen LogP contribution >= 0.6 is 24.2 Å². The molecule has 1 rings (SSSR count). The van der Waals surface area contributed by atoms with E-state index in [1.165, 1.54) is 0 Å². The van der Waals surface area contributed by atoms with Crippen LogP contribution in [0.15, 0.2) is 35.5 Å². The highest BCUT2D eigenvalue weighted by Crippen LogP contribution is 2.11. The number of carbonyl (C=O) groups is 5. The van der Waals surface area contributed by atoms with Gasteiger partial charge in [-0.25, -0.2) is 4.79 Å². The molecule has 0 saturated carbocycles. The van der Waals surface area contributed by atoms with Crippen molar-refractivity contribution in [3.05, 3.63) is 30.3 Å². The quantitative estimate of drug-likeness (QED) is 0.106. The summed E-state index contributed by atoms with van der Waals surface area (Å²) in [5.41, 5.74) is 5.30. The normalized spacial score (nSPS) is 12.3. The predicted molar refractivity (Wildman–Crippen MR) is 133 cm³/mol. The molecule has 2 atom stereocenters. The minimum Gasteiger partial charge on any atom is -0.480 e. The number of para-hydroxylation sites is 1. The fourth-order valence-electron chi connectivity index (χ4n) is 2.34. The number of hydrogen-bond acceptors (Lipinski definition) is 10. The largest absolute Gasteiger partial charge is 0.480 e. The van der Waals surface area contributed by atoms with Crippen molar-refractivity contribution in [1.82, 2.24) is 10.6 Å². The molecular weight excluding hydrogens is 520 g/mol. The molecule has 6 N–H and O–H groups in total. The lowest BCUT2D eigenvalue weighted by Crippen LogP contribution is -2.49. The molecule has 15 heteroatoms. The number of nitrogens with two attached hydrogens (primary N) is 1. The molecule has 0 aliphatic heterocycles. The molecule has 36 heavy (non-hydrogen) atoms. The molecule has 0 aromatic heterocycles. The standard InChI is InChI=1S/C21H28N4O9S.ClH/c1-2-33-21(32)16(25-34-13-6-4-3-5-7-13)12-35-11-15(19(29)23-10-18(27)28)24-17(26)9-8-14(22)20(30)31;/h3-7,14-15H,2,8-12,22H2,1H3,(H,23,29)(H,24,26)(H,27,28)(H,30,31);1H/b25-16-;. The molecule has 0 radical (unpaired) electrons. The van der Waals surface area contributed by atoms with Gasteiger partial charge in [0.1, 0.15) is 18.6 Å².